The summed E-state index contributed by atoms with van der Waals surface area (Å²) in [5.74, 6) is 4.93. The van der Waals surface area contributed by atoms with Crippen LogP contribution in [0.15, 0.2) is 0 Å². The first-order valence-electron chi connectivity index (χ1n) is 4.98. The lowest BCUT2D eigenvalue weighted by atomic mass is 10.1. The van der Waals surface area contributed by atoms with E-state index in [1.165, 1.54) is 0 Å². The third kappa shape index (κ3) is 2.67. The smallest absolute Gasteiger partial charge is 0.248 e. The molecule has 0 aromatic rings. The maximum atomic E-state index is 11.1. The standard InChI is InChI=1S/C9H20N4O/c1-7-4-13(6-9(14)11-10)5-8(2)12(7)3/h7-8H,4-6,10H2,1-3H3,(H,11,14). The number of nitrogens with one attached hydrogen (secondary N) is 1. The molecule has 5 nitrogen and oxygen atoms in total. The average Bonchev–Trinajstić information content (AvgIpc) is 2.14. The van der Waals surface area contributed by atoms with Crippen LogP contribution in [0.25, 0.3) is 0 Å². The topological polar surface area (TPSA) is 61.6 Å². The molecule has 3 N–H and O–H groups in total. The molecule has 1 amide bonds. The van der Waals surface area contributed by atoms with Crippen molar-refractivity contribution in [2.75, 3.05) is 26.7 Å². The zero-order valence-corrected chi connectivity index (χ0v) is 9.16. The predicted octanol–water partition coefficient (Wildman–Crippen LogP) is -0.999. The number of rotatable bonds is 2. The van der Waals surface area contributed by atoms with E-state index in [4.69, 9.17) is 5.84 Å². The molecular weight excluding hydrogens is 180 g/mol. The maximum Gasteiger partial charge on any atom is 0.248 e. The number of carbonyl (C=O) groups is 1. The molecule has 0 spiro atoms. The molecule has 1 aliphatic heterocycles. The van der Waals surface area contributed by atoms with E-state index in [-0.39, 0.29) is 5.91 Å². The lowest BCUT2D eigenvalue weighted by Crippen LogP contribution is -2.56. The molecule has 0 saturated carbocycles. The molecule has 82 valence electrons. The molecule has 0 radical (unpaired) electrons. The summed E-state index contributed by atoms with van der Waals surface area (Å²) in [5, 5.41) is 0. The summed E-state index contributed by atoms with van der Waals surface area (Å²) in [7, 11) is 2.12. The van der Waals surface area contributed by atoms with Gasteiger partial charge in [-0.05, 0) is 20.9 Å². The number of piperazine rings is 1. The van der Waals surface area contributed by atoms with Gasteiger partial charge in [-0.15, -0.1) is 0 Å². The van der Waals surface area contributed by atoms with E-state index in [1.54, 1.807) is 0 Å². The van der Waals surface area contributed by atoms with Crippen molar-refractivity contribution in [2.24, 2.45) is 5.84 Å². The normalized spacial score (nSPS) is 30.3. The summed E-state index contributed by atoms with van der Waals surface area (Å²) >= 11 is 0. The van der Waals surface area contributed by atoms with E-state index < -0.39 is 0 Å². The van der Waals surface area contributed by atoms with Crippen molar-refractivity contribution in [3.8, 4) is 0 Å². The van der Waals surface area contributed by atoms with Crippen LogP contribution in [0.1, 0.15) is 13.8 Å². The summed E-state index contributed by atoms with van der Waals surface area (Å²) in [6.07, 6.45) is 0. The Morgan fingerprint density at radius 2 is 1.93 bits per heavy atom. The van der Waals surface area contributed by atoms with Crippen molar-refractivity contribution >= 4 is 5.91 Å². The van der Waals surface area contributed by atoms with Crippen LogP contribution in [0.2, 0.25) is 0 Å². The van der Waals surface area contributed by atoms with Gasteiger partial charge >= 0.3 is 0 Å². The van der Waals surface area contributed by atoms with Crippen LogP contribution < -0.4 is 11.3 Å². The van der Waals surface area contributed by atoms with Gasteiger partial charge in [-0.1, -0.05) is 0 Å². The summed E-state index contributed by atoms with van der Waals surface area (Å²) in [6, 6.07) is 0.980. The van der Waals surface area contributed by atoms with Crippen molar-refractivity contribution in [3.05, 3.63) is 0 Å². The SMILES string of the molecule is CC1CN(CC(=O)NN)CC(C)N1C. The van der Waals surface area contributed by atoms with Gasteiger partial charge in [-0.25, -0.2) is 5.84 Å². The Balaban J connectivity index is 2.45. The van der Waals surface area contributed by atoms with E-state index in [9.17, 15) is 4.79 Å². The summed E-state index contributed by atoms with van der Waals surface area (Å²) in [5.41, 5.74) is 2.16. The van der Waals surface area contributed by atoms with Crippen molar-refractivity contribution in [2.45, 2.75) is 25.9 Å². The molecule has 0 aromatic carbocycles. The van der Waals surface area contributed by atoms with Gasteiger partial charge in [0.15, 0.2) is 0 Å². The highest BCUT2D eigenvalue weighted by molar-refractivity contribution is 5.77. The minimum atomic E-state index is -0.117. The summed E-state index contributed by atoms with van der Waals surface area (Å²) in [4.78, 5) is 15.6. The first kappa shape index (κ1) is 11.4. The lowest BCUT2D eigenvalue weighted by Gasteiger charge is -2.42. The molecule has 1 saturated heterocycles. The third-order valence-corrected chi connectivity index (χ3v) is 2.96. The number of nitrogens with two attached hydrogens (primary N) is 1. The average molecular weight is 200 g/mol. The molecule has 0 bridgehead atoms. The fourth-order valence-corrected chi connectivity index (χ4v) is 1.89. The Hall–Kier alpha value is -0.650. The van der Waals surface area contributed by atoms with Crippen LogP contribution in [-0.4, -0.2) is 54.5 Å². The number of likely N-dealkylation sites (N-methyl/N-ethyl adjacent to an activating group) is 1. The number of hydrazine groups is 1. The first-order valence-corrected chi connectivity index (χ1v) is 4.98. The quantitative estimate of drug-likeness (QED) is 0.341. The zero-order valence-electron chi connectivity index (χ0n) is 9.16. The molecule has 1 fully saturated rings. The van der Waals surface area contributed by atoms with Gasteiger partial charge in [-0.3, -0.25) is 20.0 Å². The second-order valence-electron chi connectivity index (χ2n) is 4.13. The molecular formula is C9H20N4O. The van der Waals surface area contributed by atoms with E-state index in [0.29, 0.717) is 18.6 Å². The Morgan fingerprint density at radius 1 is 1.43 bits per heavy atom. The van der Waals surface area contributed by atoms with Crippen LogP contribution in [0, 0.1) is 0 Å². The van der Waals surface area contributed by atoms with Crippen LogP contribution in [0.5, 0.6) is 0 Å². The highest BCUT2D eigenvalue weighted by Gasteiger charge is 2.27. The van der Waals surface area contributed by atoms with Crippen LogP contribution in [0.4, 0.5) is 0 Å². The molecule has 0 aromatic heterocycles. The van der Waals surface area contributed by atoms with Crippen molar-refractivity contribution in [3.63, 3.8) is 0 Å². The molecule has 1 aliphatic rings. The third-order valence-electron chi connectivity index (χ3n) is 2.96. The van der Waals surface area contributed by atoms with Gasteiger partial charge in [0, 0.05) is 25.2 Å². The van der Waals surface area contributed by atoms with Crippen molar-refractivity contribution in [1.29, 1.82) is 0 Å². The largest absolute Gasteiger partial charge is 0.298 e. The highest BCUT2D eigenvalue weighted by atomic mass is 16.2. The number of nitrogens with zero attached hydrogens (tertiary/aromatic N) is 2. The summed E-state index contributed by atoms with van der Waals surface area (Å²) in [6.45, 7) is 6.59. The Bertz CT molecular complexity index is 197. The van der Waals surface area contributed by atoms with Gasteiger partial charge in [0.2, 0.25) is 5.91 Å². The Kier molecular flexibility index (Phi) is 3.86. The Labute approximate surface area is 85.2 Å². The molecule has 5 heteroatoms. The van der Waals surface area contributed by atoms with Gasteiger partial charge < -0.3 is 0 Å². The van der Waals surface area contributed by atoms with E-state index in [0.717, 1.165) is 13.1 Å². The molecule has 2 atom stereocenters. The van der Waals surface area contributed by atoms with E-state index >= 15 is 0 Å². The van der Waals surface area contributed by atoms with Crippen molar-refractivity contribution < 1.29 is 4.79 Å². The minimum Gasteiger partial charge on any atom is -0.298 e. The monoisotopic (exact) mass is 200 g/mol. The lowest BCUT2D eigenvalue weighted by molar-refractivity contribution is -0.123. The minimum absolute atomic E-state index is 0.117. The van der Waals surface area contributed by atoms with Gasteiger partial charge in [-0.2, -0.15) is 0 Å². The van der Waals surface area contributed by atoms with Crippen molar-refractivity contribution in [1.82, 2.24) is 15.2 Å². The number of carbonyl (C=O) groups excluding carboxylic acids is 1. The fourth-order valence-electron chi connectivity index (χ4n) is 1.89. The van der Waals surface area contributed by atoms with E-state index in [1.807, 2.05) is 0 Å². The molecule has 0 aliphatic carbocycles. The highest BCUT2D eigenvalue weighted by Crippen LogP contribution is 2.12. The Morgan fingerprint density at radius 3 is 2.36 bits per heavy atom. The molecule has 1 heterocycles. The zero-order chi connectivity index (χ0) is 10.7. The second kappa shape index (κ2) is 4.72. The number of hydrogen-bond acceptors (Lipinski definition) is 4. The number of amides is 1. The fraction of sp³-hybridized carbons (Fsp3) is 0.889. The molecule has 2 unspecified atom stereocenters. The van der Waals surface area contributed by atoms with Crippen LogP contribution >= 0.6 is 0 Å². The number of hydrogen-bond donors (Lipinski definition) is 2. The second-order valence-corrected chi connectivity index (χ2v) is 4.13. The van der Waals surface area contributed by atoms with Gasteiger partial charge in [0.25, 0.3) is 0 Å². The van der Waals surface area contributed by atoms with Gasteiger partial charge in [0.1, 0.15) is 0 Å². The maximum absolute atomic E-state index is 11.1. The predicted molar refractivity (Wildman–Crippen MR) is 55.5 cm³/mol. The summed E-state index contributed by atoms with van der Waals surface area (Å²) < 4.78 is 0. The van der Waals surface area contributed by atoms with E-state index in [2.05, 4.69) is 36.1 Å². The van der Waals surface area contributed by atoms with Crippen LogP contribution in [-0.2, 0) is 4.79 Å². The first-order chi connectivity index (χ1) is 6.54. The molecule has 14 heavy (non-hydrogen) atoms. The van der Waals surface area contributed by atoms with Gasteiger partial charge in [0.05, 0.1) is 6.54 Å². The molecule has 1 rings (SSSR count). The van der Waals surface area contributed by atoms with Crippen LogP contribution in [0.3, 0.4) is 0 Å².